The molecule has 1 N–H and O–H groups in total. The van der Waals surface area contributed by atoms with Gasteiger partial charge in [0.25, 0.3) is 0 Å². The third kappa shape index (κ3) is 2.63. The van der Waals surface area contributed by atoms with Crippen LogP contribution in [0.5, 0.6) is 0 Å². The molecule has 21 heavy (non-hydrogen) atoms. The minimum atomic E-state index is 0.0362. The lowest BCUT2D eigenvalue weighted by Crippen LogP contribution is -2.44. The highest BCUT2D eigenvalue weighted by atomic mass is 15.0. The van der Waals surface area contributed by atoms with Crippen molar-refractivity contribution in [3.05, 3.63) is 70.8 Å². The Labute approximate surface area is 128 Å². The van der Waals surface area contributed by atoms with Crippen molar-refractivity contribution < 1.29 is 0 Å². The first-order valence-electron chi connectivity index (χ1n) is 7.98. The van der Waals surface area contributed by atoms with Gasteiger partial charge in [-0.3, -0.25) is 0 Å². The van der Waals surface area contributed by atoms with Crippen molar-refractivity contribution in [3.63, 3.8) is 0 Å². The summed E-state index contributed by atoms with van der Waals surface area (Å²) in [5.41, 5.74) is 5.56. The highest BCUT2D eigenvalue weighted by Crippen LogP contribution is 2.39. The van der Waals surface area contributed by atoms with Gasteiger partial charge in [-0.05, 0) is 51.3 Å². The third-order valence-corrected chi connectivity index (χ3v) is 4.99. The Hall–Kier alpha value is -1.60. The van der Waals surface area contributed by atoms with E-state index in [9.17, 15) is 0 Å². The molecule has 1 atom stereocenters. The zero-order valence-electron chi connectivity index (χ0n) is 13.3. The van der Waals surface area contributed by atoms with Gasteiger partial charge in [0.05, 0.1) is 0 Å². The molecule has 1 heterocycles. The van der Waals surface area contributed by atoms with Crippen molar-refractivity contribution in [2.24, 2.45) is 0 Å². The van der Waals surface area contributed by atoms with Gasteiger partial charge in [0.1, 0.15) is 0 Å². The molecule has 0 aromatic heterocycles. The van der Waals surface area contributed by atoms with E-state index >= 15 is 0 Å². The highest BCUT2D eigenvalue weighted by Gasteiger charge is 2.39. The third-order valence-electron chi connectivity index (χ3n) is 4.99. The Kier molecular flexibility index (Phi) is 3.86. The molecule has 0 aliphatic carbocycles. The molecule has 0 radical (unpaired) electrons. The topological polar surface area (TPSA) is 12.0 Å². The van der Waals surface area contributed by atoms with Crippen molar-refractivity contribution in [2.75, 3.05) is 6.54 Å². The van der Waals surface area contributed by atoms with Crippen LogP contribution in [0.1, 0.15) is 42.0 Å². The predicted molar refractivity (Wildman–Crippen MR) is 89.8 cm³/mol. The normalized spacial score (nSPS) is 18.9. The summed E-state index contributed by atoms with van der Waals surface area (Å²) in [5, 5.41) is 3.73. The largest absolute Gasteiger partial charge is 0.313 e. The molecule has 0 bridgehead atoms. The van der Waals surface area contributed by atoms with Crippen LogP contribution in [0, 0.1) is 13.8 Å². The van der Waals surface area contributed by atoms with E-state index in [1.165, 1.54) is 35.1 Å². The fourth-order valence-corrected chi connectivity index (χ4v) is 3.68. The molecule has 1 aliphatic rings. The van der Waals surface area contributed by atoms with E-state index < -0.39 is 0 Å². The van der Waals surface area contributed by atoms with Gasteiger partial charge in [-0.1, -0.05) is 59.7 Å². The summed E-state index contributed by atoms with van der Waals surface area (Å²) in [4.78, 5) is 0. The van der Waals surface area contributed by atoms with Gasteiger partial charge >= 0.3 is 0 Å². The Morgan fingerprint density at radius 2 is 1.52 bits per heavy atom. The van der Waals surface area contributed by atoms with Gasteiger partial charge in [-0.25, -0.2) is 0 Å². The molecule has 2 aromatic carbocycles. The Balaban J connectivity index is 2.15. The maximum Gasteiger partial charge on any atom is 0.0327 e. The molecule has 1 saturated heterocycles. The van der Waals surface area contributed by atoms with Gasteiger partial charge in [0, 0.05) is 11.5 Å². The smallest absolute Gasteiger partial charge is 0.0327 e. The number of rotatable bonds is 3. The first kappa shape index (κ1) is 14.3. The van der Waals surface area contributed by atoms with Crippen LogP contribution in [-0.4, -0.2) is 12.6 Å². The fourth-order valence-electron chi connectivity index (χ4n) is 3.68. The standard InChI is InChI=1S/C20H25N/c1-15-7-4-9-17(13-15)20(3,19-11-6-12-21-19)18-10-5-8-16(2)14-18/h4-5,7-10,13-14,19,21H,6,11-12H2,1-3H3/t19-/m1/s1. The van der Waals surface area contributed by atoms with Crippen LogP contribution in [-0.2, 0) is 5.41 Å². The molecule has 0 unspecified atom stereocenters. The summed E-state index contributed by atoms with van der Waals surface area (Å²) >= 11 is 0. The van der Waals surface area contributed by atoms with E-state index in [4.69, 9.17) is 0 Å². The second-order valence-corrected chi connectivity index (χ2v) is 6.59. The molecule has 0 saturated carbocycles. The zero-order valence-corrected chi connectivity index (χ0v) is 13.3. The highest BCUT2D eigenvalue weighted by molar-refractivity contribution is 5.43. The molecule has 1 nitrogen and oxygen atoms in total. The molecule has 2 aromatic rings. The summed E-state index contributed by atoms with van der Waals surface area (Å²) < 4.78 is 0. The van der Waals surface area contributed by atoms with E-state index in [-0.39, 0.29) is 5.41 Å². The van der Waals surface area contributed by atoms with E-state index in [1.54, 1.807) is 0 Å². The quantitative estimate of drug-likeness (QED) is 0.880. The Morgan fingerprint density at radius 1 is 0.952 bits per heavy atom. The van der Waals surface area contributed by atoms with Gasteiger partial charge < -0.3 is 5.32 Å². The number of aryl methyl sites for hydroxylation is 2. The minimum absolute atomic E-state index is 0.0362. The Bertz CT molecular complexity index is 578. The van der Waals surface area contributed by atoms with Crippen molar-refractivity contribution in [1.29, 1.82) is 0 Å². The predicted octanol–water partition coefficient (Wildman–Crippen LogP) is 4.36. The van der Waals surface area contributed by atoms with Gasteiger partial charge in [-0.15, -0.1) is 0 Å². The zero-order chi connectivity index (χ0) is 14.9. The number of hydrogen-bond donors (Lipinski definition) is 1. The fraction of sp³-hybridized carbons (Fsp3) is 0.400. The molecular weight excluding hydrogens is 254 g/mol. The van der Waals surface area contributed by atoms with Crippen LogP contribution in [0.3, 0.4) is 0 Å². The van der Waals surface area contributed by atoms with Crippen molar-refractivity contribution in [3.8, 4) is 0 Å². The first-order chi connectivity index (χ1) is 10.1. The molecule has 110 valence electrons. The average Bonchev–Trinajstić information content (AvgIpc) is 3.01. The monoisotopic (exact) mass is 279 g/mol. The first-order valence-corrected chi connectivity index (χ1v) is 7.98. The molecule has 0 spiro atoms. The van der Waals surface area contributed by atoms with E-state index in [0.29, 0.717) is 6.04 Å². The lowest BCUT2D eigenvalue weighted by molar-refractivity contribution is 0.406. The molecule has 3 rings (SSSR count). The summed E-state index contributed by atoms with van der Waals surface area (Å²) in [7, 11) is 0. The molecule has 1 heteroatoms. The summed E-state index contributed by atoms with van der Waals surface area (Å²) in [6, 6.07) is 18.5. The van der Waals surface area contributed by atoms with E-state index in [2.05, 4.69) is 74.6 Å². The average molecular weight is 279 g/mol. The number of nitrogens with one attached hydrogen (secondary N) is 1. The van der Waals surface area contributed by atoms with Gasteiger partial charge in [0.15, 0.2) is 0 Å². The van der Waals surface area contributed by atoms with Crippen LogP contribution in [0.2, 0.25) is 0 Å². The van der Waals surface area contributed by atoms with Crippen molar-refractivity contribution >= 4 is 0 Å². The number of benzene rings is 2. The second-order valence-electron chi connectivity index (χ2n) is 6.59. The lowest BCUT2D eigenvalue weighted by Gasteiger charge is -2.37. The second kappa shape index (κ2) is 5.65. The van der Waals surface area contributed by atoms with Gasteiger partial charge in [0.2, 0.25) is 0 Å². The lowest BCUT2D eigenvalue weighted by atomic mass is 9.69. The van der Waals surface area contributed by atoms with Crippen molar-refractivity contribution in [2.45, 2.75) is 45.1 Å². The van der Waals surface area contributed by atoms with E-state index in [1.807, 2.05) is 0 Å². The molecule has 1 aliphatic heterocycles. The van der Waals surface area contributed by atoms with Crippen LogP contribution < -0.4 is 5.32 Å². The van der Waals surface area contributed by atoms with Crippen molar-refractivity contribution in [1.82, 2.24) is 5.32 Å². The summed E-state index contributed by atoms with van der Waals surface area (Å²) in [6.45, 7) is 7.90. The summed E-state index contributed by atoms with van der Waals surface area (Å²) in [6.07, 6.45) is 2.52. The maximum atomic E-state index is 3.73. The van der Waals surface area contributed by atoms with Crippen LogP contribution in [0.4, 0.5) is 0 Å². The van der Waals surface area contributed by atoms with Crippen LogP contribution in [0.15, 0.2) is 48.5 Å². The minimum Gasteiger partial charge on any atom is -0.313 e. The molecular formula is C20H25N. The number of hydrogen-bond acceptors (Lipinski definition) is 1. The van der Waals surface area contributed by atoms with E-state index in [0.717, 1.165) is 6.54 Å². The van der Waals surface area contributed by atoms with Crippen LogP contribution >= 0.6 is 0 Å². The van der Waals surface area contributed by atoms with Crippen LogP contribution in [0.25, 0.3) is 0 Å². The van der Waals surface area contributed by atoms with Gasteiger partial charge in [-0.2, -0.15) is 0 Å². The summed E-state index contributed by atoms with van der Waals surface area (Å²) in [5.74, 6) is 0. The SMILES string of the molecule is Cc1cccc(C(C)(c2cccc(C)c2)[C@H]2CCCN2)c1. The maximum absolute atomic E-state index is 3.73. The Morgan fingerprint density at radius 3 is 1.95 bits per heavy atom. The molecule has 1 fully saturated rings. The molecule has 0 amide bonds.